The Morgan fingerprint density at radius 1 is 1.24 bits per heavy atom. The van der Waals surface area contributed by atoms with Crippen LogP contribution in [0.25, 0.3) is 10.9 Å². The Morgan fingerprint density at radius 2 is 2.18 bits per heavy atom. The highest BCUT2D eigenvalue weighted by Gasteiger charge is 2.09. The van der Waals surface area contributed by atoms with Gasteiger partial charge in [0, 0.05) is 11.6 Å². The van der Waals surface area contributed by atoms with Gasteiger partial charge < -0.3 is 5.32 Å². The Kier molecular flexibility index (Phi) is 2.11. The number of aromatic nitrogens is 4. The van der Waals surface area contributed by atoms with Crippen LogP contribution in [0.5, 0.6) is 0 Å². The highest BCUT2D eigenvalue weighted by Crippen LogP contribution is 2.20. The number of H-pyrrole nitrogens is 2. The molecule has 6 heteroatoms. The van der Waals surface area contributed by atoms with Gasteiger partial charge in [-0.25, -0.2) is 0 Å². The fourth-order valence-electron chi connectivity index (χ4n) is 1.64. The molecule has 3 N–H and O–H groups in total. The van der Waals surface area contributed by atoms with E-state index in [0.29, 0.717) is 11.3 Å². The van der Waals surface area contributed by atoms with Crippen LogP contribution in [0.4, 0.5) is 5.69 Å². The fraction of sp³-hybridized carbons (Fsp3) is 0. The van der Waals surface area contributed by atoms with Gasteiger partial charge in [-0.1, -0.05) is 12.1 Å². The zero-order chi connectivity index (χ0) is 11.7. The average molecular weight is 227 g/mol. The molecule has 0 aliphatic carbocycles. The molecule has 0 aliphatic rings. The lowest BCUT2D eigenvalue weighted by Crippen LogP contribution is -2.11. The van der Waals surface area contributed by atoms with Crippen LogP contribution in [0.2, 0.25) is 0 Å². The first kappa shape index (κ1) is 9.59. The normalized spacial score (nSPS) is 10.6. The lowest BCUT2D eigenvalue weighted by atomic mass is 10.2. The van der Waals surface area contributed by atoms with Crippen molar-refractivity contribution in [2.24, 2.45) is 0 Å². The minimum absolute atomic E-state index is 0.208. The molecular weight excluding hydrogens is 218 g/mol. The molecule has 0 bridgehead atoms. The Bertz CT molecular complexity index is 655. The summed E-state index contributed by atoms with van der Waals surface area (Å²) in [5.41, 5.74) is 2.00. The van der Waals surface area contributed by atoms with E-state index in [2.05, 4.69) is 25.7 Å². The molecule has 17 heavy (non-hydrogen) atoms. The summed E-state index contributed by atoms with van der Waals surface area (Å²) in [6.45, 7) is 0. The second-order valence-corrected chi connectivity index (χ2v) is 3.58. The molecule has 0 saturated heterocycles. The van der Waals surface area contributed by atoms with Gasteiger partial charge in [0.25, 0.3) is 5.91 Å². The van der Waals surface area contributed by atoms with Crippen molar-refractivity contribution in [2.45, 2.75) is 0 Å². The molecule has 1 aromatic carbocycles. The molecule has 0 fully saturated rings. The van der Waals surface area contributed by atoms with E-state index >= 15 is 0 Å². The number of carbonyl (C=O) groups is 1. The molecule has 0 radical (unpaired) electrons. The van der Waals surface area contributed by atoms with Crippen molar-refractivity contribution in [3.8, 4) is 0 Å². The fourth-order valence-corrected chi connectivity index (χ4v) is 1.64. The first-order valence-electron chi connectivity index (χ1n) is 5.07. The van der Waals surface area contributed by atoms with E-state index in [4.69, 9.17) is 0 Å². The first-order chi connectivity index (χ1) is 8.34. The predicted octanol–water partition coefficient (Wildman–Crippen LogP) is 1.54. The number of benzene rings is 1. The van der Waals surface area contributed by atoms with E-state index < -0.39 is 0 Å². The number of hydrogen-bond acceptors (Lipinski definition) is 3. The summed E-state index contributed by atoms with van der Waals surface area (Å²) in [6, 6.07) is 5.60. The number of amides is 1. The maximum Gasteiger partial charge on any atom is 0.258 e. The Hall–Kier alpha value is -2.63. The largest absolute Gasteiger partial charge is 0.320 e. The van der Waals surface area contributed by atoms with Crippen LogP contribution < -0.4 is 5.32 Å². The van der Waals surface area contributed by atoms with Crippen LogP contribution in [0.15, 0.2) is 36.8 Å². The number of nitrogens with one attached hydrogen (secondary N) is 3. The number of para-hydroxylation sites is 1. The Balaban J connectivity index is 1.95. The molecule has 0 saturated carbocycles. The predicted molar refractivity (Wildman–Crippen MR) is 62.6 cm³/mol. The molecule has 0 spiro atoms. The number of aromatic amines is 2. The van der Waals surface area contributed by atoms with Crippen molar-refractivity contribution in [1.82, 2.24) is 20.4 Å². The summed E-state index contributed by atoms with van der Waals surface area (Å²) < 4.78 is 0. The van der Waals surface area contributed by atoms with Crippen LogP contribution in [0.3, 0.4) is 0 Å². The van der Waals surface area contributed by atoms with Crippen molar-refractivity contribution < 1.29 is 4.79 Å². The molecular formula is C11H9N5O. The van der Waals surface area contributed by atoms with Gasteiger partial charge in [0.05, 0.1) is 29.2 Å². The van der Waals surface area contributed by atoms with Crippen LogP contribution in [0, 0.1) is 0 Å². The van der Waals surface area contributed by atoms with Crippen molar-refractivity contribution in [2.75, 3.05) is 5.32 Å². The molecule has 2 aromatic heterocycles. The number of nitrogens with zero attached hydrogens (tertiary/aromatic N) is 2. The van der Waals surface area contributed by atoms with E-state index in [1.165, 1.54) is 6.20 Å². The minimum Gasteiger partial charge on any atom is -0.320 e. The first-order valence-corrected chi connectivity index (χ1v) is 5.07. The topological polar surface area (TPSA) is 86.5 Å². The summed E-state index contributed by atoms with van der Waals surface area (Å²) in [5, 5.41) is 16.9. The maximum absolute atomic E-state index is 11.8. The summed E-state index contributed by atoms with van der Waals surface area (Å²) in [6.07, 6.45) is 4.73. The third kappa shape index (κ3) is 1.65. The van der Waals surface area contributed by atoms with Crippen LogP contribution in [-0.2, 0) is 0 Å². The number of carbonyl (C=O) groups excluding carboxylic acids is 1. The minimum atomic E-state index is -0.208. The van der Waals surface area contributed by atoms with Gasteiger partial charge in [0.15, 0.2) is 0 Å². The van der Waals surface area contributed by atoms with E-state index in [9.17, 15) is 4.79 Å². The Morgan fingerprint density at radius 3 is 3.00 bits per heavy atom. The quantitative estimate of drug-likeness (QED) is 0.620. The third-order valence-corrected chi connectivity index (χ3v) is 2.49. The van der Waals surface area contributed by atoms with Crippen molar-refractivity contribution in [3.63, 3.8) is 0 Å². The van der Waals surface area contributed by atoms with Gasteiger partial charge in [0.1, 0.15) is 0 Å². The number of fused-ring (bicyclic) bond motifs is 1. The standard InChI is InChI=1S/C11H9N5O/c17-11(8-5-12-13-6-8)15-9-3-1-2-7-4-14-16-10(7)9/h1-6H,(H,12,13)(H,14,16)(H,15,17). The van der Waals surface area contributed by atoms with Crippen LogP contribution in [0.1, 0.15) is 10.4 Å². The highest BCUT2D eigenvalue weighted by atomic mass is 16.1. The van der Waals surface area contributed by atoms with Gasteiger partial charge in [-0.2, -0.15) is 10.2 Å². The van der Waals surface area contributed by atoms with E-state index in [1.807, 2.05) is 18.2 Å². The molecule has 0 unspecified atom stereocenters. The molecule has 0 aliphatic heterocycles. The van der Waals surface area contributed by atoms with Crippen LogP contribution >= 0.6 is 0 Å². The van der Waals surface area contributed by atoms with Crippen molar-refractivity contribution >= 4 is 22.5 Å². The summed E-state index contributed by atoms with van der Waals surface area (Å²) in [7, 11) is 0. The average Bonchev–Trinajstić information content (AvgIpc) is 3.00. The Labute approximate surface area is 96.0 Å². The molecule has 0 atom stereocenters. The molecule has 3 rings (SSSR count). The van der Waals surface area contributed by atoms with E-state index in [1.54, 1.807) is 12.4 Å². The number of anilines is 1. The van der Waals surface area contributed by atoms with Gasteiger partial charge in [-0.15, -0.1) is 0 Å². The zero-order valence-electron chi connectivity index (χ0n) is 8.77. The summed E-state index contributed by atoms with van der Waals surface area (Å²) >= 11 is 0. The summed E-state index contributed by atoms with van der Waals surface area (Å²) in [4.78, 5) is 11.8. The lowest BCUT2D eigenvalue weighted by Gasteiger charge is -2.04. The maximum atomic E-state index is 11.8. The van der Waals surface area contributed by atoms with Gasteiger partial charge in [0.2, 0.25) is 0 Å². The monoisotopic (exact) mass is 227 g/mol. The SMILES string of the molecule is O=C(Nc1cccc2cn[nH]c12)c1cn[nH]c1. The molecule has 2 heterocycles. The smallest absolute Gasteiger partial charge is 0.258 e. The zero-order valence-corrected chi connectivity index (χ0v) is 8.77. The van der Waals surface area contributed by atoms with Crippen LogP contribution in [-0.4, -0.2) is 26.3 Å². The second kappa shape index (κ2) is 3.75. The highest BCUT2D eigenvalue weighted by molar-refractivity contribution is 6.07. The second-order valence-electron chi connectivity index (χ2n) is 3.58. The van der Waals surface area contributed by atoms with Gasteiger partial charge in [-0.05, 0) is 6.07 Å². The molecule has 84 valence electrons. The third-order valence-electron chi connectivity index (χ3n) is 2.49. The van der Waals surface area contributed by atoms with E-state index in [-0.39, 0.29) is 5.91 Å². The van der Waals surface area contributed by atoms with Gasteiger partial charge in [-0.3, -0.25) is 15.0 Å². The number of rotatable bonds is 2. The molecule has 3 aromatic rings. The van der Waals surface area contributed by atoms with Gasteiger partial charge >= 0.3 is 0 Å². The van der Waals surface area contributed by atoms with Crippen molar-refractivity contribution in [3.05, 3.63) is 42.4 Å². The van der Waals surface area contributed by atoms with Crippen molar-refractivity contribution in [1.29, 1.82) is 0 Å². The lowest BCUT2D eigenvalue weighted by molar-refractivity contribution is 0.102. The number of hydrogen-bond donors (Lipinski definition) is 3. The molecule has 1 amide bonds. The van der Waals surface area contributed by atoms with E-state index in [0.717, 1.165) is 10.9 Å². The molecule has 6 nitrogen and oxygen atoms in total. The summed E-state index contributed by atoms with van der Waals surface area (Å²) in [5.74, 6) is -0.208.